The number of nitro groups is 1. The largest absolute Gasteiger partial charge is 0.422 e. The summed E-state index contributed by atoms with van der Waals surface area (Å²) in [6, 6.07) is 20.3. The van der Waals surface area contributed by atoms with E-state index >= 15 is 0 Å². The van der Waals surface area contributed by atoms with E-state index in [0.717, 1.165) is 0 Å². The number of aromatic nitrogens is 2. The Kier molecular flexibility index (Phi) is 8.18. The van der Waals surface area contributed by atoms with Gasteiger partial charge in [-0.25, -0.2) is 14.9 Å². The Morgan fingerprint density at radius 2 is 1.51 bits per heavy atom. The first kappa shape index (κ1) is 28.2. The summed E-state index contributed by atoms with van der Waals surface area (Å²) in [6.45, 7) is 3.12. The van der Waals surface area contributed by atoms with E-state index in [0.29, 0.717) is 11.4 Å². The van der Waals surface area contributed by atoms with Crippen molar-refractivity contribution in [3.05, 3.63) is 116 Å². The van der Waals surface area contributed by atoms with Gasteiger partial charge >= 0.3 is 17.8 Å². The lowest BCUT2D eigenvalue weighted by atomic mass is 10.1. The summed E-state index contributed by atoms with van der Waals surface area (Å²) in [5, 5.41) is 17.6. The number of rotatable bonds is 7. The van der Waals surface area contributed by atoms with Crippen molar-refractivity contribution in [1.29, 1.82) is 0 Å². The maximum atomic E-state index is 13.0. The first-order valence-electron chi connectivity index (χ1n) is 12.1. The molecule has 0 aliphatic rings. The zero-order chi connectivity index (χ0) is 29.7. The Balaban J connectivity index is 1.49. The lowest BCUT2D eigenvalue weighted by molar-refractivity contribution is -0.385. The van der Waals surface area contributed by atoms with E-state index in [1.165, 1.54) is 41.9 Å². The summed E-state index contributed by atoms with van der Waals surface area (Å²) >= 11 is 0. The fourth-order valence-electron chi connectivity index (χ4n) is 3.94. The predicted octanol–water partition coefficient (Wildman–Crippen LogP) is 3.09. The van der Waals surface area contributed by atoms with Crippen molar-refractivity contribution in [1.82, 2.24) is 14.8 Å². The second-order valence-electron chi connectivity index (χ2n) is 8.69. The lowest BCUT2D eigenvalue weighted by Gasteiger charge is -2.10. The zero-order valence-electron chi connectivity index (χ0n) is 22.2. The number of nitro benzene ring substituents is 1. The van der Waals surface area contributed by atoms with Crippen LogP contribution in [0.2, 0.25) is 0 Å². The molecule has 0 saturated carbocycles. The average Bonchev–Trinajstić information content (AvgIpc) is 3.18. The van der Waals surface area contributed by atoms with Gasteiger partial charge in [-0.3, -0.25) is 29.2 Å². The van der Waals surface area contributed by atoms with Crippen LogP contribution in [0.3, 0.4) is 0 Å². The van der Waals surface area contributed by atoms with Gasteiger partial charge in [0.1, 0.15) is 17.0 Å². The summed E-state index contributed by atoms with van der Waals surface area (Å²) in [5.41, 5.74) is 2.33. The SMILES string of the molecule is C/C(=N\NC(=O)C(=O)Nc1c(C)n(C)n(-c2ccccc2)c1=O)c1ccccc1OC(=O)c1ccccc1[N+](=O)[O-]. The molecule has 208 valence electrons. The number of esters is 1. The molecule has 2 N–H and O–H groups in total. The first-order chi connectivity index (χ1) is 19.6. The highest BCUT2D eigenvalue weighted by Crippen LogP contribution is 2.24. The van der Waals surface area contributed by atoms with Crippen LogP contribution in [-0.4, -0.2) is 37.8 Å². The smallest absolute Gasteiger partial charge is 0.350 e. The normalized spacial score (nSPS) is 11.0. The molecule has 13 nitrogen and oxygen atoms in total. The Labute approximate surface area is 232 Å². The number of carbonyl (C=O) groups excluding carboxylic acids is 3. The van der Waals surface area contributed by atoms with Gasteiger partial charge < -0.3 is 10.1 Å². The maximum absolute atomic E-state index is 13.0. The van der Waals surface area contributed by atoms with Gasteiger partial charge in [-0.1, -0.05) is 42.5 Å². The van der Waals surface area contributed by atoms with E-state index in [9.17, 15) is 29.3 Å². The molecule has 0 fully saturated rings. The van der Waals surface area contributed by atoms with Gasteiger partial charge in [-0.15, -0.1) is 0 Å². The van der Waals surface area contributed by atoms with Gasteiger partial charge in [-0.05, 0) is 44.2 Å². The summed E-state index contributed by atoms with van der Waals surface area (Å²) in [7, 11) is 1.65. The Hall–Kier alpha value is -5.85. The molecule has 0 aliphatic heterocycles. The van der Waals surface area contributed by atoms with Gasteiger partial charge in [0.05, 0.1) is 22.0 Å². The minimum absolute atomic E-state index is 0.0250. The van der Waals surface area contributed by atoms with Crippen LogP contribution in [-0.2, 0) is 16.6 Å². The van der Waals surface area contributed by atoms with E-state index in [-0.39, 0.29) is 28.3 Å². The fourth-order valence-corrected chi connectivity index (χ4v) is 3.94. The molecule has 13 heteroatoms. The molecule has 0 saturated heterocycles. The molecule has 2 amide bonds. The minimum atomic E-state index is -1.15. The van der Waals surface area contributed by atoms with Gasteiger partial charge in [0.25, 0.3) is 11.2 Å². The second-order valence-corrected chi connectivity index (χ2v) is 8.69. The molecule has 4 rings (SSSR count). The van der Waals surface area contributed by atoms with Crippen LogP contribution in [0, 0.1) is 17.0 Å². The number of amides is 2. The third-order valence-corrected chi connectivity index (χ3v) is 6.12. The van der Waals surface area contributed by atoms with Crippen LogP contribution >= 0.6 is 0 Å². The number of carbonyl (C=O) groups is 3. The van der Waals surface area contributed by atoms with Crippen molar-refractivity contribution in [2.24, 2.45) is 12.1 Å². The zero-order valence-corrected chi connectivity index (χ0v) is 22.2. The van der Waals surface area contributed by atoms with Crippen molar-refractivity contribution >= 4 is 34.9 Å². The Bertz CT molecular complexity index is 1760. The lowest BCUT2D eigenvalue weighted by Crippen LogP contribution is -2.34. The highest BCUT2D eigenvalue weighted by Gasteiger charge is 2.23. The van der Waals surface area contributed by atoms with E-state index in [1.54, 1.807) is 67.2 Å². The van der Waals surface area contributed by atoms with E-state index in [4.69, 9.17) is 4.74 Å². The first-order valence-corrected chi connectivity index (χ1v) is 12.1. The minimum Gasteiger partial charge on any atom is -0.422 e. The number of benzene rings is 3. The van der Waals surface area contributed by atoms with Gasteiger partial charge in [-0.2, -0.15) is 5.10 Å². The van der Waals surface area contributed by atoms with E-state index in [2.05, 4.69) is 15.8 Å². The second kappa shape index (κ2) is 11.9. The molecule has 0 bridgehead atoms. The Morgan fingerprint density at radius 3 is 2.20 bits per heavy atom. The van der Waals surface area contributed by atoms with Crippen LogP contribution in [0.15, 0.2) is 88.8 Å². The standard InChI is InChI=1S/C28H24N6O7/c1-17(20-13-8-10-16-23(20)41-28(38)21-14-7-9-15-22(21)34(39)40)30-31-26(36)25(35)29-24-18(2)32(3)33(27(24)37)19-11-5-4-6-12-19/h4-16H,1-3H3,(H,29,35)(H,31,36)/b30-17+. The van der Waals surface area contributed by atoms with Gasteiger partial charge in [0.15, 0.2) is 0 Å². The molecular formula is C28H24N6O7. The number of anilines is 1. The van der Waals surface area contributed by atoms with Crippen LogP contribution in [0.1, 0.15) is 28.5 Å². The topological polar surface area (TPSA) is 167 Å². The number of nitrogens with one attached hydrogen (secondary N) is 2. The number of para-hydroxylation sites is 3. The molecule has 0 spiro atoms. The van der Waals surface area contributed by atoms with Crippen molar-refractivity contribution in [2.45, 2.75) is 13.8 Å². The number of ether oxygens (including phenoxy) is 1. The summed E-state index contributed by atoms with van der Waals surface area (Å²) in [4.78, 5) is 61.4. The molecular weight excluding hydrogens is 532 g/mol. The molecule has 3 aromatic carbocycles. The summed E-state index contributed by atoms with van der Waals surface area (Å²) < 4.78 is 8.30. The van der Waals surface area contributed by atoms with Crippen LogP contribution in [0.5, 0.6) is 5.75 Å². The maximum Gasteiger partial charge on any atom is 0.350 e. The highest BCUT2D eigenvalue weighted by molar-refractivity contribution is 6.39. The molecule has 0 radical (unpaired) electrons. The predicted molar refractivity (Wildman–Crippen MR) is 149 cm³/mol. The quantitative estimate of drug-likeness (QED) is 0.0881. The van der Waals surface area contributed by atoms with Crippen molar-refractivity contribution in [3.63, 3.8) is 0 Å². The third-order valence-electron chi connectivity index (χ3n) is 6.12. The molecule has 0 aliphatic carbocycles. The molecule has 1 aromatic heterocycles. The molecule has 4 aromatic rings. The number of hydrogen-bond acceptors (Lipinski definition) is 8. The van der Waals surface area contributed by atoms with Crippen molar-refractivity contribution in [2.75, 3.05) is 5.32 Å². The molecule has 41 heavy (non-hydrogen) atoms. The number of hydrogen-bond donors (Lipinski definition) is 2. The monoisotopic (exact) mass is 556 g/mol. The Morgan fingerprint density at radius 1 is 0.902 bits per heavy atom. The number of hydrazone groups is 1. The van der Waals surface area contributed by atoms with Crippen LogP contribution < -0.4 is 21.0 Å². The third kappa shape index (κ3) is 5.93. The number of nitrogens with zero attached hydrogens (tertiary/aromatic N) is 4. The molecule has 0 unspecified atom stereocenters. The van der Waals surface area contributed by atoms with E-state index < -0.39 is 34.0 Å². The highest BCUT2D eigenvalue weighted by atomic mass is 16.6. The molecule has 1 heterocycles. The van der Waals surface area contributed by atoms with Crippen LogP contribution in [0.25, 0.3) is 5.69 Å². The fraction of sp³-hybridized carbons (Fsp3) is 0.107. The van der Waals surface area contributed by atoms with Crippen molar-refractivity contribution < 1.29 is 24.0 Å². The summed E-state index contributed by atoms with van der Waals surface area (Å²) in [6.07, 6.45) is 0. The molecule has 0 atom stereocenters. The summed E-state index contributed by atoms with van der Waals surface area (Å²) in [5.74, 6) is -3.20. The van der Waals surface area contributed by atoms with Gasteiger partial charge in [0.2, 0.25) is 0 Å². The van der Waals surface area contributed by atoms with Gasteiger partial charge in [0, 0.05) is 18.7 Å². The van der Waals surface area contributed by atoms with Crippen LogP contribution in [0.4, 0.5) is 11.4 Å². The van der Waals surface area contributed by atoms with Crippen molar-refractivity contribution in [3.8, 4) is 11.4 Å². The van der Waals surface area contributed by atoms with E-state index in [1.807, 2.05) is 0 Å². The average molecular weight is 557 g/mol.